The SMILES string of the molecule is O=P(Cc1cccc(Cl)c1)(Oc1ccccc1)c1ccccc1. The normalized spacial score (nSPS) is 13.3. The van der Waals surface area contributed by atoms with Crippen LogP contribution in [0.2, 0.25) is 5.02 Å². The summed E-state index contributed by atoms with van der Waals surface area (Å²) >= 11 is 6.05. The van der Waals surface area contributed by atoms with E-state index in [4.69, 9.17) is 16.1 Å². The van der Waals surface area contributed by atoms with Crippen molar-refractivity contribution in [1.82, 2.24) is 0 Å². The zero-order valence-electron chi connectivity index (χ0n) is 12.4. The molecule has 1 unspecified atom stereocenters. The zero-order valence-corrected chi connectivity index (χ0v) is 14.1. The van der Waals surface area contributed by atoms with Gasteiger partial charge in [0.2, 0.25) is 0 Å². The fourth-order valence-electron chi connectivity index (χ4n) is 2.36. The molecule has 0 aromatic heterocycles. The Labute approximate surface area is 141 Å². The third-order valence-electron chi connectivity index (χ3n) is 3.43. The van der Waals surface area contributed by atoms with E-state index in [1.165, 1.54) is 0 Å². The van der Waals surface area contributed by atoms with Crippen molar-refractivity contribution in [2.24, 2.45) is 0 Å². The number of hydrogen-bond acceptors (Lipinski definition) is 2. The monoisotopic (exact) mass is 342 g/mol. The van der Waals surface area contributed by atoms with Gasteiger partial charge >= 0.3 is 0 Å². The standard InChI is InChI=1S/C19H16ClO2P/c20-17-9-7-8-16(14-17)15-23(21,19-12-5-2-6-13-19)22-18-10-3-1-4-11-18/h1-14H,15H2. The van der Waals surface area contributed by atoms with Gasteiger partial charge in [-0.05, 0) is 42.0 Å². The van der Waals surface area contributed by atoms with Crippen LogP contribution in [0.25, 0.3) is 0 Å². The van der Waals surface area contributed by atoms with E-state index < -0.39 is 7.37 Å². The Morgan fingerprint density at radius 2 is 1.48 bits per heavy atom. The summed E-state index contributed by atoms with van der Waals surface area (Å²) in [4.78, 5) is 0. The summed E-state index contributed by atoms with van der Waals surface area (Å²) < 4.78 is 19.5. The molecule has 4 heteroatoms. The van der Waals surface area contributed by atoms with Gasteiger partial charge in [-0.15, -0.1) is 0 Å². The molecule has 0 saturated carbocycles. The molecule has 0 fully saturated rings. The van der Waals surface area contributed by atoms with Crippen molar-refractivity contribution in [2.45, 2.75) is 6.16 Å². The summed E-state index contributed by atoms with van der Waals surface area (Å²) in [5, 5.41) is 1.32. The maximum atomic E-state index is 13.6. The molecule has 0 bridgehead atoms. The molecule has 3 aromatic carbocycles. The Morgan fingerprint density at radius 1 is 0.826 bits per heavy atom. The Bertz CT molecular complexity index is 819. The van der Waals surface area contributed by atoms with Crippen molar-refractivity contribution in [1.29, 1.82) is 0 Å². The van der Waals surface area contributed by atoms with E-state index in [1.54, 1.807) is 6.07 Å². The van der Waals surface area contributed by atoms with E-state index in [2.05, 4.69) is 0 Å². The van der Waals surface area contributed by atoms with E-state index in [9.17, 15) is 4.57 Å². The molecule has 116 valence electrons. The first kappa shape index (κ1) is 15.9. The Hall–Kier alpha value is -2.02. The summed E-state index contributed by atoms with van der Waals surface area (Å²) in [6, 6.07) is 26.0. The predicted octanol–water partition coefficient (Wildman–Crippen LogP) is 5.52. The van der Waals surface area contributed by atoms with Crippen molar-refractivity contribution < 1.29 is 9.09 Å². The van der Waals surface area contributed by atoms with Gasteiger partial charge in [-0.25, -0.2) is 0 Å². The van der Waals surface area contributed by atoms with Gasteiger partial charge in [0.05, 0.1) is 6.16 Å². The number of hydrogen-bond donors (Lipinski definition) is 0. The van der Waals surface area contributed by atoms with Crippen LogP contribution in [0.4, 0.5) is 0 Å². The summed E-state index contributed by atoms with van der Waals surface area (Å²) in [6.07, 6.45) is 0.298. The van der Waals surface area contributed by atoms with Crippen LogP contribution in [0.5, 0.6) is 5.75 Å². The topological polar surface area (TPSA) is 26.3 Å². The summed E-state index contributed by atoms with van der Waals surface area (Å²) in [5.74, 6) is 0.599. The van der Waals surface area contributed by atoms with Crippen molar-refractivity contribution >= 4 is 24.3 Å². The molecule has 0 heterocycles. The first-order chi connectivity index (χ1) is 11.2. The van der Waals surface area contributed by atoms with Gasteiger partial charge in [0, 0.05) is 10.3 Å². The highest BCUT2D eigenvalue weighted by Gasteiger charge is 2.28. The number of para-hydroxylation sites is 1. The van der Waals surface area contributed by atoms with Crippen LogP contribution in [0, 0.1) is 0 Å². The van der Waals surface area contributed by atoms with Gasteiger partial charge < -0.3 is 4.52 Å². The minimum atomic E-state index is -3.09. The van der Waals surface area contributed by atoms with E-state index in [-0.39, 0.29) is 0 Å². The van der Waals surface area contributed by atoms with Gasteiger partial charge in [-0.3, -0.25) is 4.57 Å². The lowest BCUT2D eigenvalue weighted by molar-refractivity contribution is 0.491. The van der Waals surface area contributed by atoms with Crippen LogP contribution in [0.1, 0.15) is 5.56 Å². The van der Waals surface area contributed by atoms with Crippen molar-refractivity contribution in [3.05, 3.63) is 95.5 Å². The number of rotatable bonds is 5. The average molecular weight is 343 g/mol. The van der Waals surface area contributed by atoms with E-state index in [0.717, 1.165) is 5.56 Å². The number of halogens is 1. The first-order valence-electron chi connectivity index (χ1n) is 7.29. The third kappa shape index (κ3) is 4.04. The summed E-state index contributed by atoms with van der Waals surface area (Å²) in [5.41, 5.74) is 0.889. The Kier molecular flexibility index (Phi) is 4.85. The lowest BCUT2D eigenvalue weighted by Gasteiger charge is -2.20. The molecule has 23 heavy (non-hydrogen) atoms. The summed E-state index contributed by atoms with van der Waals surface area (Å²) in [7, 11) is -3.09. The summed E-state index contributed by atoms with van der Waals surface area (Å²) in [6.45, 7) is 0. The van der Waals surface area contributed by atoms with Crippen LogP contribution in [-0.2, 0) is 10.7 Å². The maximum Gasteiger partial charge on any atom is 0.281 e. The van der Waals surface area contributed by atoms with Crippen LogP contribution < -0.4 is 9.83 Å². The largest absolute Gasteiger partial charge is 0.440 e. The zero-order chi connectivity index (χ0) is 16.1. The maximum absolute atomic E-state index is 13.6. The second-order valence-electron chi connectivity index (χ2n) is 5.20. The van der Waals surface area contributed by atoms with E-state index >= 15 is 0 Å². The second-order valence-corrected chi connectivity index (χ2v) is 8.00. The molecule has 0 amide bonds. The highest BCUT2D eigenvalue weighted by molar-refractivity contribution is 7.66. The molecule has 0 spiro atoms. The Morgan fingerprint density at radius 3 is 2.13 bits per heavy atom. The molecule has 0 N–H and O–H groups in total. The van der Waals surface area contributed by atoms with E-state index in [0.29, 0.717) is 22.2 Å². The van der Waals surface area contributed by atoms with Crippen LogP contribution >= 0.6 is 19.0 Å². The molecule has 3 rings (SSSR count). The Balaban J connectivity index is 1.98. The smallest absolute Gasteiger partial charge is 0.281 e. The first-order valence-corrected chi connectivity index (χ1v) is 9.48. The minimum Gasteiger partial charge on any atom is -0.440 e. The molecule has 0 saturated heterocycles. The predicted molar refractivity (Wildman–Crippen MR) is 95.9 cm³/mol. The van der Waals surface area contributed by atoms with Crippen LogP contribution in [0.15, 0.2) is 84.9 Å². The van der Waals surface area contributed by atoms with Gasteiger partial charge in [-0.1, -0.05) is 60.1 Å². The third-order valence-corrected chi connectivity index (χ3v) is 6.03. The molecular weight excluding hydrogens is 327 g/mol. The van der Waals surface area contributed by atoms with E-state index in [1.807, 2.05) is 78.9 Å². The lowest BCUT2D eigenvalue weighted by Crippen LogP contribution is -2.11. The molecule has 0 aliphatic carbocycles. The van der Waals surface area contributed by atoms with Crippen LogP contribution in [0.3, 0.4) is 0 Å². The fourth-order valence-corrected chi connectivity index (χ4v) is 4.69. The molecule has 2 nitrogen and oxygen atoms in total. The van der Waals surface area contributed by atoms with Gasteiger partial charge in [-0.2, -0.15) is 0 Å². The molecule has 0 radical (unpaired) electrons. The second kappa shape index (κ2) is 7.04. The number of benzene rings is 3. The van der Waals surface area contributed by atoms with Crippen LogP contribution in [-0.4, -0.2) is 0 Å². The molecule has 0 aliphatic rings. The quantitative estimate of drug-likeness (QED) is 0.570. The molecule has 1 atom stereocenters. The van der Waals surface area contributed by atoms with Gasteiger partial charge in [0.1, 0.15) is 5.75 Å². The van der Waals surface area contributed by atoms with Gasteiger partial charge in [0.25, 0.3) is 7.37 Å². The molecule has 0 aliphatic heterocycles. The van der Waals surface area contributed by atoms with Crippen molar-refractivity contribution in [3.63, 3.8) is 0 Å². The van der Waals surface area contributed by atoms with Gasteiger partial charge in [0.15, 0.2) is 0 Å². The minimum absolute atomic E-state index is 0.298. The average Bonchev–Trinajstić information content (AvgIpc) is 2.56. The fraction of sp³-hybridized carbons (Fsp3) is 0.0526. The highest BCUT2D eigenvalue weighted by Crippen LogP contribution is 2.49. The molecule has 3 aromatic rings. The lowest BCUT2D eigenvalue weighted by atomic mass is 10.2. The van der Waals surface area contributed by atoms with Crippen molar-refractivity contribution in [3.8, 4) is 5.75 Å². The highest BCUT2D eigenvalue weighted by atomic mass is 35.5. The van der Waals surface area contributed by atoms with Crippen molar-refractivity contribution in [2.75, 3.05) is 0 Å². The molecular formula is C19H16ClO2P.